The number of nitrogens with two attached hydrogens (primary N) is 1. The maximum atomic E-state index is 14.0. The average Bonchev–Trinajstić information content (AvgIpc) is 2.73. The Morgan fingerprint density at radius 2 is 1.81 bits per heavy atom. The Hall–Kier alpha value is -3.80. The number of ether oxygens (including phenoxy) is 1. The standard InChI is InChI=1S/C23H19F4N3O2/c1-12-16(11-28)21(14-8-9-18(24)17(10-14)23(25,26)27)20(13(2)30(12)22(29)31)15-6-4-5-7-19(15)32-3/h4-10,21H,1-3H3,(H2,29,31). The smallest absolute Gasteiger partial charge is 0.419 e. The van der Waals surface area contributed by atoms with E-state index in [1.165, 1.54) is 20.1 Å². The van der Waals surface area contributed by atoms with E-state index in [2.05, 4.69) is 0 Å². The lowest BCUT2D eigenvalue weighted by atomic mass is 9.77. The van der Waals surface area contributed by atoms with Crippen molar-refractivity contribution in [3.05, 3.63) is 81.9 Å². The van der Waals surface area contributed by atoms with Crippen molar-refractivity contribution >= 4 is 11.6 Å². The Morgan fingerprint density at radius 1 is 1.16 bits per heavy atom. The molecule has 1 heterocycles. The third-order valence-electron chi connectivity index (χ3n) is 5.39. The van der Waals surface area contributed by atoms with Gasteiger partial charge in [-0.3, -0.25) is 4.90 Å². The lowest BCUT2D eigenvalue weighted by Crippen LogP contribution is -2.37. The Balaban J connectivity index is 2.40. The first kappa shape index (κ1) is 22.9. The van der Waals surface area contributed by atoms with E-state index in [1.807, 2.05) is 6.07 Å². The van der Waals surface area contributed by atoms with E-state index >= 15 is 0 Å². The molecule has 0 aliphatic carbocycles. The number of carbonyl (C=O) groups is 1. The maximum absolute atomic E-state index is 14.0. The predicted octanol–water partition coefficient (Wildman–Crippen LogP) is 5.56. The Morgan fingerprint density at radius 3 is 2.38 bits per heavy atom. The zero-order valence-electron chi connectivity index (χ0n) is 17.4. The Labute approximate surface area is 182 Å². The minimum absolute atomic E-state index is 0.00930. The van der Waals surface area contributed by atoms with Crippen LogP contribution < -0.4 is 10.5 Å². The molecule has 0 bridgehead atoms. The fraction of sp³-hybridized carbons (Fsp3) is 0.217. The highest BCUT2D eigenvalue weighted by Crippen LogP contribution is 2.49. The largest absolute Gasteiger partial charge is 0.496 e. The molecule has 0 spiro atoms. The summed E-state index contributed by atoms with van der Waals surface area (Å²) in [5.41, 5.74) is 5.46. The van der Waals surface area contributed by atoms with Crippen LogP contribution in [-0.2, 0) is 6.18 Å². The second-order valence-corrected chi connectivity index (χ2v) is 7.15. The summed E-state index contributed by atoms with van der Waals surface area (Å²) in [7, 11) is 1.42. The van der Waals surface area contributed by atoms with Crippen LogP contribution in [0.4, 0.5) is 22.4 Å². The molecule has 1 aliphatic heterocycles. The third-order valence-corrected chi connectivity index (χ3v) is 5.39. The van der Waals surface area contributed by atoms with Gasteiger partial charge in [-0.25, -0.2) is 9.18 Å². The van der Waals surface area contributed by atoms with Crippen LogP contribution >= 0.6 is 0 Å². The maximum Gasteiger partial charge on any atom is 0.419 e. The van der Waals surface area contributed by atoms with Gasteiger partial charge in [-0.2, -0.15) is 18.4 Å². The van der Waals surface area contributed by atoms with Crippen LogP contribution in [0, 0.1) is 17.1 Å². The molecule has 1 aliphatic rings. The van der Waals surface area contributed by atoms with Gasteiger partial charge in [0.05, 0.1) is 24.3 Å². The number of alkyl halides is 3. The van der Waals surface area contributed by atoms with Gasteiger partial charge >= 0.3 is 12.2 Å². The van der Waals surface area contributed by atoms with Crippen LogP contribution in [0.5, 0.6) is 5.75 Å². The second-order valence-electron chi connectivity index (χ2n) is 7.15. The molecule has 1 atom stereocenters. The van der Waals surface area contributed by atoms with Gasteiger partial charge in [-0.05, 0) is 43.2 Å². The minimum Gasteiger partial charge on any atom is -0.496 e. The molecular formula is C23H19F4N3O2. The van der Waals surface area contributed by atoms with Crippen molar-refractivity contribution in [2.45, 2.75) is 25.9 Å². The van der Waals surface area contributed by atoms with Gasteiger partial charge in [0.25, 0.3) is 0 Å². The fourth-order valence-electron chi connectivity index (χ4n) is 4.02. The first-order valence-corrected chi connectivity index (χ1v) is 9.44. The van der Waals surface area contributed by atoms with Gasteiger partial charge in [0, 0.05) is 22.9 Å². The van der Waals surface area contributed by atoms with Gasteiger partial charge < -0.3 is 10.5 Å². The van der Waals surface area contributed by atoms with Crippen molar-refractivity contribution in [1.82, 2.24) is 4.90 Å². The molecule has 2 amide bonds. The van der Waals surface area contributed by atoms with Crippen LogP contribution in [0.15, 0.2) is 59.4 Å². The minimum atomic E-state index is -4.93. The second kappa shape index (κ2) is 8.38. The summed E-state index contributed by atoms with van der Waals surface area (Å²) in [5, 5.41) is 9.92. The lowest BCUT2D eigenvalue weighted by molar-refractivity contribution is -0.140. The van der Waals surface area contributed by atoms with Gasteiger partial charge in [0.1, 0.15) is 11.6 Å². The van der Waals surface area contributed by atoms with Crippen molar-refractivity contribution in [2.75, 3.05) is 7.11 Å². The van der Waals surface area contributed by atoms with Crippen LogP contribution in [0.3, 0.4) is 0 Å². The molecule has 2 aromatic rings. The van der Waals surface area contributed by atoms with Gasteiger partial charge in [0.15, 0.2) is 0 Å². The van der Waals surface area contributed by atoms with E-state index in [0.29, 0.717) is 28.6 Å². The number of amides is 2. The quantitative estimate of drug-likeness (QED) is 0.629. The highest BCUT2D eigenvalue weighted by atomic mass is 19.4. The summed E-state index contributed by atoms with van der Waals surface area (Å²) in [6.45, 7) is 3.05. The van der Waals surface area contributed by atoms with Crippen molar-refractivity contribution < 1.29 is 27.1 Å². The van der Waals surface area contributed by atoms with Crippen molar-refractivity contribution in [2.24, 2.45) is 5.73 Å². The number of carbonyl (C=O) groups excluding carboxylic acids is 1. The number of nitrogens with zero attached hydrogens (tertiary/aromatic N) is 2. The van der Waals surface area contributed by atoms with Gasteiger partial charge in [0.2, 0.25) is 0 Å². The SMILES string of the molecule is COc1ccccc1C1=C(C)N(C(N)=O)C(C)=C(C#N)C1c1ccc(F)c(C(F)(F)F)c1. The number of hydrogen-bond acceptors (Lipinski definition) is 3. The van der Waals surface area contributed by atoms with E-state index in [9.17, 15) is 27.6 Å². The molecule has 2 aromatic carbocycles. The number of methoxy groups -OCH3 is 1. The number of urea groups is 1. The molecule has 32 heavy (non-hydrogen) atoms. The number of para-hydroxylation sites is 1. The number of nitriles is 1. The number of rotatable bonds is 3. The monoisotopic (exact) mass is 445 g/mol. The van der Waals surface area contributed by atoms with E-state index < -0.39 is 29.5 Å². The molecule has 3 rings (SSSR count). The summed E-state index contributed by atoms with van der Waals surface area (Å²) >= 11 is 0. The first-order chi connectivity index (χ1) is 15.0. The Bertz CT molecular complexity index is 1190. The molecular weight excluding hydrogens is 426 g/mol. The average molecular weight is 445 g/mol. The number of hydrogen-bond donors (Lipinski definition) is 1. The summed E-state index contributed by atoms with van der Waals surface area (Å²) in [6.07, 6.45) is -4.93. The van der Waals surface area contributed by atoms with Crippen LogP contribution in [0.25, 0.3) is 5.57 Å². The molecule has 0 aromatic heterocycles. The zero-order valence-corrected chi connectivity index (χ0v) is 17.4. The van der Waals surface area contributed by atoms with E-state index in [0.717, 1.165) is 11.0 Å². The molecule has 0 saturated carbocycles. The van der Waals surface area contributed by atoms with E-state index in [4.69, 9.17) is 10.5 Å². The first-order valence-electron chi connectivity index (χ1n) is 9.44. The molecule has 9 heteroatoms. The fourth-order valence-corrected chi connectivity index (χ4v) is 4.02. The van der Waals surface area contributed by atoms with Crippen molar-refractivity contribution in [3.8, 4) is 11.8 Å². The van der Waals surface area contributed by atoms with Crippen LogP contribution in [0.2, 0.25) is 0 Å². The summed E-state index contributed by atoms with van der Waals surface area (Å²) in [6, 6.07) is 10.4. The van der Waals surface area contributed by atoms with Crippen molar-refractivity contribution in [1.29, 1.82) is 5.26 Å². The third kappa shape index (κ3) is 3.80. The van der Waals surface area contributed by atoms with Gasteiger partial charge in [-0.1, -0.05) is 24.3 Å². The predicted molar refractivity (Wildman–Crippen MR) is 109 cm³/mol. The van der Waals surface area contributed by atoms with E-state index in [1.54, 1.807) is 31.2 Å². The van der Waals surface area contributed by atoms with Crippen LogP contribution in [-0.4, -0.2) is 18.0 Å². The molecule has 0 fully saturated rings. The summed E-state index contributed by atoms with van der Waals surface area (Å²) in [4.78, 5) is 13.3. The Kier molecular flexibility index (Phi) is 5.99. The number of halogens is 4. The normalized spacial score (nSPS) is 16.8. The van der Waals surface area contributed by atoms with Crippen molar-refractivity contribution in [3.63, 3.8) is 0 Å². The summed E-state index contributed by atoms with van der Waals surface area (Å²) in [5.74, 6) is -2.06. The highest BCUT2D eigenvalue weighted by Gasteiger charge is 2.39. The number of allylic oxidation sites excluding steroid dienone is 4. The number of primary amides is 1. The molecule has 1 unspecified atom stereocenters. The zero-order chi connectivity index (χ0) is 23.8. The van der Waals surface area contributed by atoms with Crippen LogP contribution in [0.1, 0.15) is 36.5 Å². The molecule has 0 saturated heterocycles. The molecule has 166 valence electrons. The summed E-state index contributed by atoms with van der Waals surface area (Å²) < 4.78 is 59.6. The molecule has 0 radical (unpaired) electrons. The molecule has 5 nitrogen and oxygen atoms in total. The lowest BCUT2D eigenvalue weighted by Gasteiger charge is -2.36. The number of benzene rings is 2. The van der Waals surface area contributed by atoms with E-state index in [-0.39, 0.29) is 16.8 Å². The topological polar surface area (TPSA) is 79.3 Å². The molecule has 2 N–H and O–H groups in total. The highest BCUT2D eigenvalue weighted by molar-refractivity contribution is 5.88. The van der Waals surface area contributed by atoms with Gasteiger partial charge in [-0.15, -0.1) is 0 Å².